The van der Waals surface area contributed by atoms with E-state index in [2.05, 4.69) is 113 Å². The van der Waals surface area contributed by atoms with E-state index >= 15 is 0 Å². The van der Waals surface area contributed by atoms with Gasteiger partial charge in [0.1, 0.15) is 11.5 Å². The summed E-state index contributed by atoms with van der Waals surface area (Å²) >= 11 is 0. The van der Waals surface area contributed by atoms with Gasteiger partial charge in [0, 0.05) is 39.0 Å². The topological polar surface area (TPSA) is 48.6 Å². The SMILES string of the molecule is Oc1ccc(-c2cc3c4c(c2)-n2c5ccccc5c5cc(-c6ccc(O)cc6)cc(c52)B4c2ccccc2N3c2ccccc2)cc1. The molecule has 0 fully saturated rings. The lowest BCUT2D eigenvalue weighted by Gasteiger charge is -2.40. The van der Waals surface area contributed by atoms with Gasteiger partial charge in [-0.3, -0.25) is 0 Å². The van der Waals surface area contributed by atoms with Crippen molar-refractivity contribution in [2.45, 2.75) is 0 Å². The summed E-state index contributed by atoms with van der Waals surface area (Å²) in [6, 6.07) is 52.5. The normalized spacial score (nSPS) is 12.8. The van der Waals surface area contributed by atoms with Crippen molar-refractivity contribution in [2.24, 2.45) is 0 Å². The Kier molecular flexibility index (Phi) is 5.35. The summed E-state index contributed by atoms with van der Waals surface area (Å²) in [5.41, 5.74) is 15.1. The number of phenolic OH excluding ortho intramolecular Hbond substituents is 2. The van der Waals surface area contributed by atoms with Crippen molar-refractivity contribution in [2.75, 3.05) is 4.90 Å². The first-order chi connectivity index (χ1) is 23.1. The third kappa shape index (κ3) is 3.71. The van der Waals surface area contributed by atoms with Crippen molar-refractivity contribution in [3.63, 3.8) is 0 Å². The van der Waals surface area contributed by atoms with Gasteiger partial charge in [0.25, 0.3) is 6.71 Å². The lowest BCUT2D eigenvalue weighted by Crippen LogP contribution is -2.60. The predicted molar refractivity (Wildman–Crippen MR) is 194 cm³/mol. The van der Waals surface area contributed by atoms with E-state index in [0.29, 0.717) is 0 Å². The highest BCUT2D eigenvalue weighted by atomic mass is 16.3. The molecule has 5 heteroatoms. The van der Waals surface area contributed by atoms with Crippen LogP contribution in [0.4, 0.5) is 17.1 Å². The molecule has 0 amide bonds. The lowest BCUT2D eigenvalue weighted by atomic mass is 9.33. The van der Waals surface area contributed by atoms with Crippen LogP contribution in [0.15, 0.2) is 152 Å². The number of nitrogens with zero attached hydrogens (tertiary/aromatic N) is 2. The van der Waals surface area contributed by atoms with E-state index in [4.69, 9.17) is 0 Å². The van der Waals surface area contributed by atoms with Gasteiger partial charge in [-0.25, -0.2) is 0 Å². The van der Waals surface area contributed by atoms with Crippen LogP contribution in [0, 0.1) is 0 Å². The second-order valence-corrected chi connectivity index (χ2v) is 12.5. The van der Waals surface area contributed by atoms with E-state index in [9.17, 15) is 10.2 Å². The smallest absolute Gasteiger partial charge is 0.252 e. The van der Waals surface area contributed by atoms with E-state index < -0.39 is 0 Å². The Balaban J connectivity index is 1.38. The van der Waals surface area contributed by atoms with Crippen molar-refractivity contribution in [3.05, 3.63) is 152 Å². The minimum Gasteiger partial charge on any atom is -0.508 e. The Morgan fingerprint density at radius 2 is 1.06 bits per heavy atom. The van der Waals surface area contributed by atoms with Gasteiger partial charge in [-0.15, -0.1) is 0 Å². The summed E-state index contributed by atoms with van der Waals surface area (Å²) in [7, 11) is 0. The minimum absolute atomic E-state index is 0.00130. The van der Waals surface area contributed by atoms with Crippen molar-refractivity contribution >= 4 is 62.0 Å². The van der Waals surface area contributed by atoms with Crippen LogP contribution >= 0.6 is 0 Å². The monoisotopic (exact) mass is 602 g/mol. The first-order valence-electron chi connectivity index (χ1n) is 15.9. The van der Waals surface area contributed by atoms with E-state index in [1.807, 2.05) is 24.3 Å². The molecule has 2 aliphatic rings. The molecule has 0 bridgehead atoms. The maximum absolute atomic E-state index is 10.1. The molecule has 220 valence electrons. The highest BCUT2D eigenvalue weighted by molar-refractivity contribution is 7.00. The maximum Gasteiger partial charge on any atom is 0.252 e. The maximum atomic E-state index is 10.1. The number of phenols is 2. The summed E-state index contributed by atoms with van der Waals surface area (Å²) < 4.78 is 2.47. The third-order valence-corrected chi connectivity index (χ3v) is 9.92. The largest absolute Gasteiger partial charge is 0.508 e. The fourth-order valence-corrected chi connectivity index (χ4v) is 7.93. The molecule has 47 heavy (non-hydrogen) atoms. The van der Waals surface area contributed by atoms with Gasteiger partial charge < -0.3 is 19.7 Å². The summed E-state index contributed by atoms with van der Waals surface area (Å²) in [6.07, 6.45) is 0. The third-order valence-electron chi connectivity index (χ3n) is 9.92. The molecule has 0 saturated carbocycles. The molecule has 3 heterocycles. The van der Waals surface area contributed by atoms with Crippen molar-refractivity contribution in [1.82, 2.24) is 4.57 Å². The average molecular weight is 603 g/mol. The fourth-order valence-electron chi connectivity index (χ4n) is 7.93. The fraction of sp³-hybridized carbons (Fsp3) is 0. The Hall–Kier alpha value is -6.20. The number of aromatic hydroxyl groups is 2. The summed E-state index contributed by atoms with van der Waals surface area (Å²) in [4.78, 5) is 2.41. The van der Waals surface area contributed by atoms with Gasteiger partial charge in [-0.2, -0.15) is 0 Å². The first kappa shape index (κ1) is 26.1. The summed E-state index contributed by atoms with van der Waals surface area (Å²) in [5, 5.41) is 22.6. The van der Waals surface area contributed by atoms with Crippen LogP contribution in [-0.4, -0.2) is 21.5 Å². The molecule has 7 aromatic carbocycles. The van der Waals surface area contributed by atoms with Crippen LogP contribution in [-0.2, 0) is 0 Å². The molecule has 0 aliphatic carbocycles. The average Bonchev–Trinajstić information content (AvgIpc) is 3.45. The van der Waals surface area contributed by atoms with Crippen LogP contribution in [0.2, 0.25) is 0 Å². The molecule has 10 rings (SSSR count). The zero-order valence-corrected chi connectivity index (χ0v) is 25.3. The number of rotatable bonds is 3. The van der Waals surface area contributed by atoms with Crippen LogP contribution in [0.1, 0.15) is 0 Å². The molecule has 8 aromatic rings. The van der Waals surface area contributed by atoms with Crippen molar-refractivity contribution in [3.8, 4) is 39.4 Å². The number of para-hydroxylation sites is 3. The van der Waals surface area contributed by atoms with Crippen LogP contribution in [0.3, 0.4) is 0 Å². The second kappa shape index (κ2) is 9.65. The molecule has 2 N–H and O–H groups in total. The number of anilines is 3. The van der Waals surface area contributed by atoms with Gasteiger partial charge in [0.2, 0.25) is 0 Å². The highest BCUT2D eigenvalue weighted by Crippen LogP contribution is 2.44. The van der Waals surface area contributed by atoms with E-state index in [1.54, 1.807) is 24.3 Å². The van der Waals surface area contributed by atoms with Gasteiger partial charge in [-0.05, 0) is 105 Å². The van der Waals surface area contributed by atoms with E-state index in [1.165, 1.54) is 43.9 Å². The standard InChI is InChI=1S/C42H27BN2O2/c46-31-18-14-26(15-19-31)28-22-34-33-10-4-6-12-37(33)45-40-25-29(27-16-20-32(47)21-17-27)24-39-41(40)43(36(23-28)42(34)45)35-11-5-7-13-38(35)44(39)30-8-2-1-3-9-30/h1-25,46-47H. The van der Waals surface area contributed by atoms with E-state index in [0.717, 1.165) is 39.3 Å². The molecular weight excluding hydrogens is 575 g/mol. The van der Waals surface area contributed by atoms with Crippen molar-refractivity contribution in [1.29, 1.82) is 0 Å². The van der Waals surface area contributed by atoms with Gasteiger partial charge >= 0.3 is 0 Å². The first-order valence-corrected chi connectivity index (χ1v) is 15.9. The highest BCUT2D eigenvalue weighted by Gasteiger charge is 2.42. The van der Waals surface area contributed by atoms with Crippen LogP contribution in [0.25, 0.3) is 49.7 Å². The predicted octanol–water partition coefficient (Wildman–Crippen LogP) is 8.14. The summed E-state index contributed by atoms with van der Waals surface area (Å²) in [6.45, 7) is 0.00130. The van der Waals surface area contributed by atoms with E-state index in [-0.39, 0.29) is 18.2 Å². The minimum atomic E-state index is 0.00130. The molecule has 0 saturated heterocycles. The Morgan fingerprint density at radius 3 is 1.81 bits per heavy atom. The molecule has 0 spiro atoms. The van der Waals surface area contributed by atoms with Gasteiger partial charge in [-0.1, -0.05) is 84.9 Å². The number of hydrogen-bond donors (Lipinski definition) is 2. The van der Waals surface area contributed by atoms with Crippen molar-refractivity contribution < 1.29 is 10.2 Å². The van der Waals surface area contributed by atoms with Gasteiger partial charge in [0.05, 0.1) is 5.52 Å². The number of fused-ring (bicyclic) bond motifs is 7. The number of benzene rings is 7. The molecule has 0 atom stereocenters. The number of hydrogen-bond acceptors (Lipinski definition) is 3. The van der Waals surface area contributed by atoms with Crippen LogP contribution < -0.4 is 21.3 Å². The zero-order chi connectivity index (χ0) is 31.2. The molecule has 4 nitrogen and oxygen atoms in total. The zero-order valence-electron chi connectivity index (χ0n) is 25.3. The molecule has 0 unspecified atom stereocenters. The Labute approximate surface area is 272 Å². The molecule has 2 aliphatic heterocycles. The number of aromatic nitrogens is 1. The molecular formula is C42H27BN2O2. The Bertz CT molecular complexity index is 2540. The Morgan fingerprint density at radius 1 is 0.447 bits per heavy atom. The molecule has 0 radical (unpaired) electrons. The van der Waals surface area contributed by atoms with Crippen LogP contribution in [0.5, 0.6) is 11.5 Å². The summed E-state index contributed by atoms with van der Waals surface area (Å²) in [5.74, 6) is 0.516. The lowest BCUT2D eigenvalue weighted by molar-refractivity contribution is 0.475. The quantitative estimate of drug-likeness (QED) is 0.201. The molecule has 1 aromatic heterocycles. The van der Waals surface area contributed by atoms with Gasteiger partial charge in [0.15, 0.2) is 0 Å². The second-order valence-electron chi connectivity index (χ2n) is 12.5.